The highest BCUT2D eigenvalue weighted by atomic mass is 35.5. The van der Waals surface area contributed by atoms with Gasteiger partial charge in [0.25, 0.3) is 0 Å². The molecule has 2 unspecified atom stereocenters. The molecule has 12 heteroatoms. The Kier molecular flexibility index (Phi) is 9.57. The summed E-state index contributed by atoms with van der Waals surface area (Å²) in [6, 6.07) is 4.81. The van der Waals surface area contributed by atoms with E-state index in [1.807, 2.05) is 7.05 Å². The van der Waals surface area contributed by atoms with Crippen LogP contribution in [-0.4, -0.2) is 91.3 Å². The predicted molar refractivity (Wildman–Crippen MR) is 138 cm³/mol. The molecule has 1 N–H and O–H groups in total. The number of rotatable bonds is 7. The van der Waals surface area contributed by atoms with Gasteiger partial charge in [-0.25, -0.2) is 9.59 Å². The van der Waals surface area contributed by atoms with Crippen molar-refractivity contribution in [2.45, 2.75) is 12.3 Å². The summed E-state index contributed by atoms with van der Waals surface area (Å²) in [5.74, 6) is -2.88. The Bertz CT molecular complexity index is 1120. The van der Waals surface area contributed by atoms with E-state index in [1.165, 1.54) is 20.5 Å². The third kappa shape index (κ3) is 6.11. The van der Waals surface area contributed by atoms with Crippen LogP contribution in [0.3, 0.4) is 0 Å². The number of halogens is 2. The van der Waals surface area contributed by atoms with Crippen molar-refractivity contribution >= 4 is 51.8 Å². The Morgan fingerprint density at radius 3 is 2.03 bits per heavy atom. The van der Waals surface area contributed by atoms with E-state index in [-0.39, 0.29) is 56.2 Å². The Morgan fingerprint density at radius 1 is 1.00 bits per heavy atom. The van der Waals surface area contributed by atoms with Crippen molar-refractivity contribution in [2.75, 3.05) is 59.5 Å². The Hall–Kier alpha value is -2.40. The van der Waals surface area contributed by atoms with E-state index in [1.54, 1.807) is 23.1 Å². The highest BCUT2D eigenvalue weighted by Crippen LogP contribution is 2.45. The van der Waals surface area contributed by atoms with Crippen molar-refractivity contribution < 1.29 is 28.1 Å². The average Bonchev–Trinajstić information content (AvgIpc) is 2.83. The molecule has 2 atom stereocenters. The molecule has 1 saturated heterocycles. The summed E-state index contributed by atoms with van der Waals surface area (Å²) < 4.78 is 22.4. The normalized spacial score (nSPS) is 19.6. The van der Waals surface area contributed by atoms with Gasteiger partial charge in [-0.2, -0.15) is 0 Å². The van der Waals surface area contributed by atoms with Gasteiger partial charge < -0.3 is 24.6 Å². The number of nitrogens with zero attached hydrogens (tertiary/aromatic N) is 2. The van der Waals surface area contributed by atoms with Crippen LogP contribution in [0.4, 0.5) is 0 Å². The first-order valence-corrected chi connectivity index (χ1v) is 13.7. The van der Waals surface area contributed by atoms with Crippen molar-refractivity contribution in [3.63, 3.8) is 0 Å². The van der Waals surface area contributed by atoms with E-state index >= 15 is 0 Å². The third-order valence-corrected chi connectivity index (χ3v) is 7.51. The topological polar surface area (TPSA) is 105 Å². The Balaban J connectivity index is 2.22. The van der Waals surface area contributed by atoms with Gasteiger partial charge in [0, 0.05) is 70.2 Å². The van der Waals surface area contributed by atoms with Gasteiger partial charge in [-0.1, -0.05) is 29.3 Å². The highest BCUT2D eigenvalue weighted by Gasteiger charge is 2.42. The smallest absolute Gasteiger partial charge is 0.336 e. The molecule has 0 aliphatic carbocycles. The molecular weight excluding hydrogens is 529 g/mol. The van der Waals surface area contributed by atoms with E-state index in [2.05, 4.69) is 10.2 Å². The molecule has 36 heavy (non-hydrogen) atoms. The lowest BCUT2D eigenvalue weighted by Gasteiger charge is -2.35. The molecule has 1 fully saturated rings. The van der Waals surface area contributed by atoms with Gasteiger partial charge in [-0.3, -0.25) is 9.00 Å². The lowest BCUT2D eigenvalue weighted by Crippen LogP contribution is -2.47. The van der Waals surface area contributed by atoms with Crippen molar-refractivity contribution in [3.05, 3.63) is 56.3 Å². The number of amides is 1. The van der Waals surface area contributed by atoms with E-state index in [4.69, 9.17) is 32.7 Å². The van der Waals surface area contributed by atoms with Gasteiger partial charge in [-0.05, 0) is 19.2 Å². The van der Waals surface area contributed by atoms with Crippen LogP contribution in [0, 0.1) is 0 Å². The minimum absolute atomic E-state index is 0.0148. The molecule has 0 radical (unpaired) electrons. The number of dihydropyridines is 1. The predicted octanol–water partition coefficient (Wildman–Crippen LogP) is 2.08. The molecule has 0 saturated carbocycles. The molecule has 1 aromatic carbocycles. The molecule has 1 amide bonds. The van der Waals surface area contributed by atoms with Crippen LogP contribution in [0.15, 0.2) is 40.7 Å². The summed E-state index contributed by atoms with van der Waals surface area (Å²) in [5.41, 5.74) is 0.823. The molecule has 0 aromatic heterocycles. The summed E-state index contributed by atoms with van der Waals surface area (Å²) in [6.07, 6.45) is 1.32. The van der Waals surface area contributed by atoms with Crippen LogP contribution in [-0.2, 0) is 34.7 Å². The number of carbonyl (C=O) groups is 3. The second-order valence-corrected chi connectivity index (χ2v) is 10.8. The van der Waals surface area contributed by atoms with Crippen molar-refractivity contribution in [1.82, 2.24) is 15.1 Å². The number of hydrogen-bond acceptors (Lipinski definition) is 8. The fourth-order valence-corrected chi connectivity index (χ4v) is 5.61. The first-order valence-electron chi connectivity index (χ1n) is 11.2. The maximum absolute atomic E-state index is 13.3. The lowest BCUT2D eigenvalue weighted by atomic mass is 9.79. The number of ether oxygens (including phenoxy) is 2. The van der Waals surface area contributed by atoms with Gasteiger partial charge in [0.1, 0.15) is 0 Å². The minimum Gasteiger partial charge on any atom is -0.466 e. The molecular formula is C24H29Cl2N3O6S. The maximum atomic E-state index is 13.3. The van der Waals surface area contributed by atoms with Crippen LogP contribution >= 0.6 is 23.2 Å². The second-order valence-electron chi connectivity index (χ2n) is 8.54. The Morgan fingerprint density at radius 2 is 1.53 bits per heavy atom. The quantitative estimate of drug-likeness (QED) is 0.508. The van der Waals surface area contributed by atoms with E-state index in [0.717, 1.165) is 13.1 Å². The van der Waals surface area contributed by atoms with Crippen LogP contribution in [0.25, 0.3) is 0 Å². The number of esters is 2. The largest absolute Gasteiger partial charge is 0.466 e. The SMILES string of the molecule is COC(=O)C1=C(CC(=O)N2CCN(C)CC2)NC(CS(C)=O)=C(C(=O)OC)C1c1c(Cl)cccc1Cl. The highest BCUT2D eigenvalue weighted by molar-refractivity contribution is 7.84. The number of benzene rings is 1. The molecule has 2 heterocycles. The third-order valence-electron chi connectivity index (χ3n) is 6.16. The van der Waals surface area contributed by atoms with Crippen molar-refractivity contribution in [2.24, 2.45) is 0 Å². The number of likely N-dealkylation sites (N-methyl/N-ethyl adjacent to an activating group) is 1. The summed E-state index contributed by atoms with van der Waals surface area (Å²) >= 11 is 13.1. The minimum atomic E-state index is -1.38. The number of methoxy groups -OCH3 is 2. The molecule has 0 bridgehead atoms. The summed E-state index contributed by atoms with van der Waals surface area (Å²) in [4.78, 5) is 43.4. The maximum Gasteiger partial charge on any atom is 0.336 e. The molecule has 3 rings (SSSR count). The molecule has 0 spiro atoms. The van der Waals surface area contributed by atoms with Crippen LogP contribution < -0.4 is 5.32 Å². The van der Waals surface area contributed by atoms with Gasteiger partial charge >= 0.3 is 11.9 Å². The van der Waals surface area contributed by atoms with Gasteiger partial charge in [0.2, 0.25) is 5.91 Å². The second kappa shape index (κ2) is 12.2. The summed E-state index contributed by atoms with van der Waals surface area (Å²) in [7, 11) is 3.02. The van der Waals surface area contributed by atoms with E-state index in [0.29, 0.717) is 13.1 Å². The Labute approximate surface area is 222 Å². The molecule has 2 aliphatic heterocycles. The standard InChI is InChI=1S/C24H29Cl2N3O6S/c1-28-8-10-29(11-9-28)18(30)12-16-20(23(31)34-2)22(19-14(25)6-5-7-15(19)26)21(24(32)35-3)17(27-16)13-36(4)33/h5-7,22,27H,8-13H2,1-4H3. The van der Waals surface area contributed by atoms with E-state index < -0.39 is 28.7 Å². The lowest BCUT2D eigenvalue weighted by molar-refractivity contribution is -0.137. The van der Waals surface area contributed by atoms with Crippen molar-refractivity contribution in [1.29, 1.82) is 0 Å². The van der Waals surface area contributed by atoms with E-state index in [9.17, 15) is 18.6 Å². The number of carbonyl (C=O) groups excluding carboxylic acids is 3. The zero-order valence-electron chi connectivity index (χ0n) is 20.6. The van der Waals surface area contributed by atoms with Gasteiger partial charge in [0.05, 0.1) is 43.5 Å². The number of piperazine rings is 1. The first kappa shape index (κ1) is 28.2. The fourth-order valence-electron chi connectivity index (χ4n) is 4.36. The summed E-state index contributed by atoms with van der Waals surface area (Å²) in [5, 5.41) is 3.47. The average molecular weight is 558 g/mol. The zero-order chi connectivity index (χ0) is 26.6. The van der Waals surface area contributed by atoms with Crippen molar-refractivity contribution in [3.8, 4) is 0 Å². The number of hydrogen-bond donors (Lipinski definition) is 1. The molecule has 2 aliphatic rings. The van der Waals surface area contributed by atoms with Crippen LogP contribution in [0.1, 0.15) is 17.9 Å². The van der Waals surface area contributed by atoms with Gasteiger partial charge in [0.15, 0.2) is 0 Å². The number of nitrogens with one attached hydrogen (secondary N) is 1. The van der Waals surface area contributed by atoms with Gasteiger partial charge in [-0.15, -0.1) is 0 Å². The monoisotopic (exact) mass is 557 g/mol. The fraction of sp³-hybridized carbons (Fsp3) is 0.458. The first-order chi connectivity index (χ1) is 17.1. The van der Waals surface area contributed by atoms with Crippen LogP contribution in [0.5, 0.6) is 0 Å². The summed E-state index contributed by atoms with van der Waals surface area (Å²) in [6.45, 7) is 2.55. The molecule has 196 valence electrons. The van der Waals surface area contributed by atoms with Crippen LogP contribution in [0.2, 0.25) is 10.0 Å². The zero-order valence-corrected chi connectivity index (χ0v) is 22.9. The molecule has 9 nitrogen and oxygen atoms in total. The molecule has 1 aromatic rings.